The third-order valence-corrected chi connectivity index (χ3v) is 5.99. The Morgan fingerprint density at radius 3 is 2.70 bits per heavy atom. The van der Waals surface area contributed by atoms with Gasteiger partial charge in [0.05, 0.1) is 17.9 Å². The lowest BCUT2D eigenvalue weighted by molar-refractivity contribution is -0.152. The van der Waals surface area contributed by atoms with Crippen LogP contribution in [0.5, 0.6) is 0 Å². The minimum atomic E-state index is -0.419. The fourth-order valence-corrected chi connectivity index (χ4v) is 4.01. The van der Waals surface area contributed by atoms with Crippen LogP contribution in [-0.2, 0) is 25.7 Å². The lowest BCUT2D eigenvalue weighted by atomic mass is 9.97. The van der Waals surface area contributed by atoms with E-state index in [0.29, 0.717) is 31.0 Å². The molecule has 1 N–H and O–H groups in total. The maximum absolute atomic E-state index is 13.2. The van der Waals surface area contributed by atoms with Crippen molar-refractivity contribution >= 4 is 29.4 Å². The van der Waals surface area contributed by atoms with E-state index in [-0.39, 0.29) is 42.8 Å². The fraction of sp³-hybridized carbons (Fsp3) is 0.522. The molecule has 0 aliphatic carbocycles. The Hall–Kier alpha value is -2.34. The molecule has 1 fully saturated rings. The molecular formula is C23H29ClN2O4. The van der Waals surface area contributed by atoms with Gasteiger partial charge in [-0.25, -0.2) is 0 Å². The van der Waals surface area contributed by atoms with Gasteiger partial charge in [0.1, 0.15) is 6.61 Å². The maximum atomic E-state index is 13.2. The van der Waals surface area contributed by atoms with Crippen molar-refractivity contribution in [1.29, 1.82) is 0 Å². The van der Waals surface area contributed by atoms with E-state index in [9.17, 15) is 14.4 Å². The van der Waals surface area contributed by atoms with Crippen molar-refractivity contribution in [3.63, 3.8) is 0 Å². The lowest BCUT2D eigenvalue weighted by Gasteiger charge is -2.29. The fourth-order valence-electron chi connectivity index (χ4n) is 3.88. The van der Waals surface area contributed by atoms with Gasteiger partial charge >= 0.3 is 5.97 Å². The van der Waals surface area contributed by atoms with Crippen molar-refractivity contribution < 1.29 is 19.1 Å². The first kappa shape index (κ1) is 22.3. The van der Waals surface area contributed by atoms with E-state index in [0.717, 1.165) is 18.4 Å². The zero-order valence-corrected chi connectivity index (χ0v) is 18.1. The van der Waals surface area contributed by atoms with Crippen LogP contribution >= 0.6 is 11.6 Å². The predicted octanol–water partition coefficient (Wildman–Crippen LogP) is 3.48. The summed E-state index contributed by atoms with van der Waals surface area (Å²) >= 11 is 5.89. The molecule has 0 bridgehead atoms. The summed E-state index contributed by atoms with van der Waals surface area (Å²) in [4.78, 5) is 39.6. The summed E-state index contributed by atoms with van der Waals surface area (Å²) in [5.74, 6) is -1.05. The molecule has 2 amide bonds. The van der Waals surface area contributed by atoms with Crippen LogP contribution in [-0.4, -0.2) is 41.9 Å². The van der Waals surface area contributed by atoms with E-state index in [1.165, 1.54) is 0 Å². The molecule has 0 radical (unpaired) electrons. The van der Waals surface area contributed by atoms with Gasteiger partial charge < -0.3 is 15.0 Å². The van der Waals surface area contributed by atoms with Crippen LogP contribution in [0, 0.1) is 11.8 Å². The number of hydrogen-bond donors (Lipinski definition) is 1. The van der Waals surface area contributed by atoms with E-state index in [1.54, 1.807) is 17.0 Å². The monoisotopic (exact) mass is 432 g/mol. The molecule has 6 nitrogen and oxygen atoms in total. The van der Waals surface area contributed by atoms with Crippen LogP contribution in [0.2, 0.25) is 5.02 Å². The van der Waals surface area contributed by atoms with E-state index < -0.39 is 5.92 Å². The minimum Gasteiger partial charge on any atom is -0.463 e. The molecule has 1 saturated heterocycles. The first-order valence-corrected chi connectivity index (χ1v) is 10.9. The predicted molar refractivity (Wildman–Crippen MR) is 115 cm³/mol. The Labute approximate surface area is 182 Å². The van der Waals surface area contributed by atoms with Gasteiger partial charge in [0.25, 0.3) is 0 Å². The maximum Gasteiger partial charge on any atom is 0.309 e. The van der Waals surface area contributed by atoms with Gasteiger partial charge in [-0.1, -0.05) is 42.8 Å². The minimum absolute atomic E-state index is 0.0338. The van der Waals surface area contributed by atoms with Gasteiger partial charge in [-0.3, -0.25) is 14.4 Å². The molecule has 0 saturated carbocycles. The molecule has 30 heavy (non-hydrogen) atoms. The van der Waals surface area contributed by atoms with Crippen molar-refractivity contribution in [3.8, 4) is 0 Å². The quantitative estimate of drug-likeness (QED) is 0.583. The van der Waals surface area contributed by atoms with E-state index in [2.05, 4.69) is 5.32 Å². The Morgan fingerprint density at radius 2 is 1.93 bits per heavy atom. The highest BCUT2D eigenvalue weighted by atomic mass is 35.5. The zero-order chi connectivity index (χ0) is 21.5. The second-order valence-electron chi connectivity index (χ2n) is 8.11. The summed E-state index contributed by atoms with van der Waals surface area (Å²) in [5, 5.41) is 3.55. The first-order valence-electron chi connectivity index (χ1n) is 10.6. The van der Waals surface area contributed by atoms with E-state index in [1.807, 2.05) is 31.2 Å². The Bertz CT molecular complexity index is 793. The van der Waals surface area contributed by atoms with Crippen molar-refractivity contribution in [2.24, 2.45) is 11.8 Å². The standard InChI is InChI=1S/C23H29ClN2O4/c1-16-5-2-3-6-18(13-21(27)25-14-17-8-10-19(24)11-9-17)22(28)26-12-4-7-20(26)15-30-23(16)29/h2-3,8-11,16,18,20H,4-7,12-15H2,1H3,(H,25,27)/b3-2-/t16-,18+,20+/m1/s1. The Balaban J connectivity index is 1.65. The summed E-state index contributed by atoms with van der Waals surface area (Å²) in [6, 6.07) is 7.20. The average molecular weight is 433 g/mol. The number of nitrogens with zero attached hydrogens (tertiary/aromatic N) is 1. The highest BCUT2D eigenvalue weighted by Gasteiger charge is 2.34. The number of nitrogens with one attached hydrogen (secondary N) is 1. The number of rotatable bonds is 4. The molecule has 1 aromatic carbocycles. The smallest absolute Gasteiger partial charge is 0.309 e. The highest BCUT2D eigenvalue weighted by Crippen LogP contribution is 2.24. The molecule has 2 aliphatic heterocycles. The van der Waals surface area contributed by atoms with Crippen LogP contribution in [0.4, 0.5) is 0 Å². The number of fused-ring (bicyclic) bond motifs is 1. The largest absolute Gasteiger partial charge is 0.463 e. The number of benzene rings is 1. The van der Waals surface area contributed by atoms with Crippen LogP contribution in [0.15, 0.2) is 36.4 Å². The number of esters is 1. The normalized spacial score (nSPS) is 26.2. The summed E-state index contributed by atoms with van der Waals surface area (Å²) < 4.78 is 5.45. The van der Waals surface area contributed by atoms with E-state index >= 15 is 0 Å². The van der Waals surface area contributed by atoms with Crippen LogP contribution in [0.1, 0.15) is 44.6 Å². The molecule has 0 spiro atoms. The first-order chi connectivity index (χ1) is 14.4. The van der Waals surface area contributed by atoms with Gasteiger partial charge in [-0.05, 0) is 43.4 Å². The number of amides is 2. The van der Waals surface area contributed by atoms with Gasteiger partial charge in [0.2, 0.25) is 11.8 Å². The van der Waals surface area contributed by atoms with Crippen LogP contribution < -0.4 is 5.32 Å². The number of cyclic esters (lactones) is 1. The third-order valence-electron chi connectivity index (χ3n) is 5.74. The summed E-state index contributed by atoms with van der Waals surface area (Å²) in [5.41, 5.74) is 0.952. The molecule has 0 aromatic heterocycles. The van der Waals surface area contributed by atoms with Crippen molar-refractivity contribution in [2.75, 3.05) is 13.2 Å². The lowest BCUT2D eigenvalue weighted by Crippen LogP contribution is -2.43. The molecule has 3 rings (SSSR count). The number of carbonyl (C=O) groups is 3. The van der Waals surface area contributed by atoms with Gasteiger partial charge in [0.15, 0.2) is 0 Å². The van der Waals surface area contributed by atoms with E-state index in [4.69, 9.17) is 16.3 Å². The second-order valence-corrected chi connectivity index (χ2v) is 8.54. The van der Waals surface area contributed by atoms with Crippen molar-refractivity contribution in [3.05, 3.63) is 47.0 Å². The van der Waals surface area contributed by atoms with Crippen LogP contribution in [0.25, 0.3) is 0 Å². The van der Waals surface area contributed by atoms with Crippen molar-refractivity contribution in [2.45, 2.75) is 51.6 Å². The van der Waals surface area contributed by atoms with Gasteiger partial charge in [-0.2, -0.15) is 0 Å². The molecule has 2 heterocycles. The molecule has 3 atom stereocenters. The number of allylic oxidation sites excluding steroid dienone is 2. The molecular weight excluding hydrogens is 404 g/mol. The number of carbonyl (C=O) groups excluding carboxylic acids is 3. The average Bonchev–Trinajstić information content (AvgIpc) is 3.21. The Kier molecular flexibility index (Phi) is 7.91. The Morgan fingerprint density at radius 1 is 1.20 bits per heavy atom. The summed E-state index contributed by atoms with van der Waals surface area (Å²) in [6.07, 6.45) is 6.70. The molecule has 0 unspecified atom stereocenters. The zero-order valence-electron chi connectivity index (χ0n) is 17.3. The van der Waals surface area contributed by atoms with Crippen LogP contribution in [0.3, 0.4) is 0 Å². The molecule has 2 aliphatic rings. The number of hydrogen-bond acceptors (Lipinski definition) is 4. The SMILES string of the molecule is C[C@@H]1C/C=C\C[C@@H](CC(=O)NCc2ccc(Cl)cc2)C(=O)N2CCC[C@H]2COC1=O. The highest BCUT2D eigenvalue weighted by molar-refractivity contribution is 6.30. The number of halogens is 1. The van der Waals surface area contributed by atoms with Gasteiger partial charge in [-0.15, -0.1) is 0 Å². The topological polar surface area (TPSA) is 75.7 Å². The summed E-state index contributed by atoms with van der Waals surface area (Å²) in [7, 11) is 0. The van der Waals surface area contributed by atoms with Crippen molar-refractivity contribution in [1.82, 2.24) is 10.2 Å². The third kappa shape index (κ3) is 6.08. The second kappa shape index (κ2) is 10.6. The summed E-state index contributed by atoms with van der Waals surface area (Å²) in [6.45, 7) is 3.11. The van der Waals surface area contributed by atoms with Gasteiger partial charge in [0, 0.05) is 24.5 Å². The number of ether oxygens (including phenoxy) is 1. The molecule has 7 heteroatoms. The molecule has 162 valence electrons. The molecule has 1 aromatic rings.